The Morgan fingerprint density at radius 1 is 1.32 bits per heavy atom. The van der Waals surface area contributed by atoms with Gasteiger partial charge >= 0.3 is 5.97 Å². The molecule has 6 heteroatoms. The van der Waals surface area contributed by atoms with Gasteiger partial charge in [-0.25, -0.2) is 0 Å². The number of aliphatic carboxylic acids is 1. The van der Waals surface area contributed by atoms with E-state index in [-0.39, 0.29) is 12.5 Å². The molecule has 2 rings (SSSR count). The number of hydrogen-bond acceptors (Lipinski definition) is 4. The molecule has 22 heavy (non-hydrogen) atoms. The third-order valence-electron chi connectivity index (χ3n) is 3.92. The molecule has 0 bridgehead atoms. The molecule has 0 radical (unpaired) electrons. The Labute approximate surface area is 129 Å². The maximum absolute atomic E-state index is 12.3. The predicted octanol–water partition coefficient (Wildman–Crippen LogP) is 1.70. The van der Waals surface area contributed by atoms with Crippen molar-refractivity contribution in [1.82, 2.24) is 5.32 Å². The fraction of sp³-hybridized carbons (Fsp3) is 0.500. The normalized spacial score (nSPS) is 16.8. The van der Waals surface area contributed by atoms with Gasteiger partial charge in [-0.05, 0) is 31.9 Å². The maximum Gasteiger partial charge on any atom is 0.311 e. The van der Waals surface area contributed by atoms with E-state index in [2.05, 4.69) is 5.32 Å². The van der Waals surface area contributed by atoms with Crippen LogP contribution in [-0.4, -0.2) is 43.3 Å². The van der Waals surface area contributed by atoms with Crippen LogP contribution in [0.4, 0.5) is 0 Å². The summed E-state index contributed by atoms with van der Waals surface area (Å²) in [6, 6.07) is 6.93. The molecule has 1 fully saturated rings. The number of rotatable bonds is 6. The van der Waals surface area contributed by atoms with Crippen molar-refractivity contribution >= 4 is 11.9 Å². The average Bonchev–Trinajstić information content (AvgIpc) is 2.54. The summed E-state index contributed by atoms with van der Waals surface area (Å²) in [6.45, 7) is 3.19. The SMILES string of the molecule is CCOc1ccccc1C(=O)NCC1(C(=O)O)CCOCC1. The molecular weight excluding hydrogens is 286 g/mol. The van der Waals surface area contributed by atoms with E-state index in [1.807, 2.05) is 6.92 Å². The largest absolute Gasteiger partial charge is 0.493 e. The molecule has 1 aromatic rings. The highest BCUT2D eigenvalue weighted by molar-refractivity contribution is 5.97. The van der Waals surface area contributed by atoms with E-state index in [1.54, 1.807) is 24.3 Å². The van der Waals surface area contributed by atoms with Gasteiger partial charge in [-0.1, -0.05) is 12.1 Å². The van der Waals surface area contributed by atoms with Crippen LogP contribution in [0.25, 0.3) is 0 Å². The van der Waals surface area contributed by atoms with Crippen LogP contribution in [-0.2, 0) is 9.53 Å². The van der Waals surface area contributed by atoms with Crippen molar-refractivity contribution in [2.75, 3.05) is 26.4 Å². The van der Waals surface area contributed by atoms with Crippen molar-refractivity contribution < 1.29 is 24.2 Å². The zero-order chi connectivity index (χ0) is 16.0. The van der Waals surface area contributed by atoms with Gasteiger partial charge in [0.15, 0.2) is 0 Å². The Hall–Kier alpha value is -2.08. The molecule has 1 aliphatic heterocycles. The van der Waals surface area contributed by atoms with Crippen LogP contribution in [0.5, 0.6) is 5.75 Å². The average molecular weight is 307 g/mol. The van der Waals surface area contributed by atoms with Crippen LogP contribution in [0.15, 0.2) is 24.3 Å². The molecule has 2 N–H and O–H groups in total. The van der Waals surface area contributed by atoms with E-state index in [4.69, 9.17) is 9.47 Å². The smallest absolute Gasteiger partial charge is 0.311 e. The molecule has 0 saturated carbocycles. The monoisotopic (exact) mass is 307 g/mol. The van der Waals surface area contributed by atoms with Gasteiger partial charge in [0.1, 0.15) is 5.75 Å². The van der Waals surface area contributed by atoms with Crippen molar-refractivity contribution in [2.24, 2.45) is 5.41 Å². The second-order valence-electron chi connectivity index (χ2n) is 5.31. The summed E-state index contributed by atoms with van der Waals surface area (Å²) in [5, 5.41) is 12.2. The standard InChI is InChI=1S/C16H21NO5/c1-2-22-13-6-4-3-5-12(13)14(18)17-11-16(15(19)20)7-9-21-10-8-16/h3-6H,2,7-11H2,1H3,(H,17,18)(H,19,20). The number of carbonyl (C=O) groups excluding carboxylic acids is 1. The molecule has 0 atom stereocenters. The predicted molar refractivity (Wildman–Crippen MR) is 80.1 cm³/mol. The molecule has 1 aromatic carbocycles. The van der Waals surface area contributed by atoms with Crippen molar-refractivity contribution in [2.45, 2.75) is 19.8 Å². The van der Waals surface area contributed by atoms with Gasteiger partial charge in [0.25, 0.3) is 5.91 Å². The first-order valence-electron chi connectivity index (χ1n) is 7.40. The number of carboxylic acids is 1. The molecule has 0 unspecified atom stereocenters. The van der Waals surface area contributed by atoms with E-state index in [0.29, 0.717) is 44.0 Å². The fourth-order valence-corrected chi connectivity index (χ4v) is 2.51. The molecule has 6 nitrogen and oxygen atoms in total. The minimum Gasteiger partial charge on any atom is -0.493 e. The summed E-state index contributed by atoms with van der Waals surface area (Å²) in [5.74, 6) is -0.718. The van der Waals surface area contributed by atoms with Gasteiger partial charge in [0.05, 0.1) is 17.6 Å². The van der Waals surface area contributed by atoms with Crippen LogP contribution in [0.1, 0.15) is 30.1 Å². The van der Waals surface area contributed by atoms with E-state index >= 15 is 0 Å². The number of carbonyl (C=O) groups is 2. The molecule has 1 heterocycles. The molecule has 120 valence electrons. The zero-order valence-electron chi connectivity index (χ0n) is 12.6. The van der Waals surface area contributed by atoms with Crippen molar-refractivity contribution in [1.29, 1.82) is 0 Å². The summed E-state index contributed by atoms with van der Waals surface area (Å²) in [6.07, 6.45) is 0.797. The van der Waals surface area contributed by atoms with Gasteiger partial charge in [0, 0.05) is 19.8 Å². The first kappa shape index (κ1) is 16.3. The van der Waals surface area contributed by atoms with Gasteiger partial charge in [-0.2, -0.15) is 0 Å². The summed E-state index contributed by atoms with van der Waals surface area (Å²) >= 11 is 0. The van der Waals surface area contributed by atoms with Crippen LogP contribution in [0.3, 0.4) is 0 Å². The molecular formula is C16H21NO5. The van der Waals surface area contributed by atoms with Crippen LogP contribution in [0, 0.1) is 5.41 Å². The van der Waals surface area contributed by atoms with Gasteiger partial charge in [-0.15, -0.1) is 0 Å². The molecule has 0 spiro atoms. The summed E-state index contributed by atoms with van der Waals surface area (Å²) in [5.41, 5.74) is -0.536. The molecule has 1 aliphatic rings. The third kappa shape index (κ3) is 3.57. The summed E-state index contributed by atoms with van der Waals surface area (Å²) in [4.78, 5) is 23.9. The number of carboxylic acid groups (broad SMARTS) is 1. The Balaban J connectivity index is 2.07. The fourth-order valence-electron chi connectivity index (χ4n) is 2.51. The van der Waals surface area contributed by atoms with E-state index < -0.39 is 11.4 Å². The number of hydrogen-bond donors (Lipinski definition) is 2. The van der Waals surface area contributed by atoms with Gasteiger partial charge < -0.3 is 19.9 Å². The Morgan fingerprint density at radius 3 is 2.64 bits per heavy atom. The van der Waals surface area contributed by atoms with Gasteiger partial charge in [0.2, 0.25) is 0 Å². The minimum atomic E-state index is -0.950. The maximum atomic E-state index is 12.3. The van der Waals surface area contributed by atoms with Crippen LogP contribution >= 0.6 is 0 Å². The number of benzene rings is 1. The van der Waals surface area contributed by atoms with E-state index in [1.165, 1.54) is 0 Å². The number of para-hydroxylation sites is 1. The highest BCUT2D eigenvalue weighted by atomic mass is 16.5. The lowest BCUT2D eigenvalue weighted by Crippen LogP contribution is -2.46. The van der Waals surface area contributed by atoms with Gasteiger partial charge in [-0.3, -0.25) is 9.59 Å². The molecule has 0 aromatic heterocycles. The lowest BCUT2D eigenvalue weighted by Gasteiger charge is -2.33. The number of amides is 1. The zero-order valence-corrected chi connectivity index (χ0v) is 12.6. The third-order valence-corrected chi connectivity index (χ3v) is 3.92. The number of nitrogens with one attached hydrogen (secondary N) is 1. The Morgan fingerprint density at radius 2 is 2.00 bits per heavy atom. The van der Waals surface area contributed by atoms with Crippen LogP contribution in [0.2, 0.25) is 0 Å². The van der Waals surface area contributed by atoms with E-state index in [0.717, 1.165) is 0 Å². The topological polar surface area (TPSA) is 84.9 Å². The summed E-state index contributed by atoms with van der Waals surface area (Å²) < 4.78 is 10.6. The van der Waals surface area contributed by atoms with E-state index in [9.17, 15) is 14.7 Å². The van der Waals surface area contributed by atoms with Crippen molar-refractivity contribution in [3.63, 3.8) is 0 Å². The molecule has 0 aliphatic carbocycles. The Kier molecular flexibility index (Phi) is 5.38. The highest BCUT2D eigenvalue weighted by Crippen LogP contribution is 2.30. The van der Waals surface area contributed by atoms with Crippen LogP contribution < -0.4 is 10.1 Å². The molecule has 1 saturated heterocycles. The summed E-state index contributed by atoms with van der Waals surface area (Å²) in [7, 11) is 0. The first-order valence-corrected chi connectivity index (χ1v) is 7.40. The second kappa shape index (κ2) is 7.26. The first-order chi connectivity index (χ1) is 10.6. The van der Waals surface area contributed by atoms with Crippen molar-refractivity contribution in [3.05, 3.63) is 29.8 Å². The molecule has 1 amide bonds. The Bertz CT molecular complexity index is 537. The van der Waals surface area contributed by atoms with Crippen molar-refractivity contribution in [3.8, 4) is 5.75 Å². The minimum absolute atomic E-state index is 0.0883. The quantitative estimate of drug-likeness (QED) is 0.835. The second-order valence-corrected chi connectivity index (χ2v) is 5.31. The lowest BCUT2D eigenvalue weighted by atomic mass is 9.80. The number of ether oxygens (including phenoxy) is 2. The lowest BCUT2D eigenvalue weighted by molar-refractivity contribution is -0.154. The highest BCUT2D eigenvalue weighted by Gasteiger charge is 2.40.